The maximum absolute atomic E-state index is 11.6. The zero-order chi connectivity index (χ0) is 13.0. The molecule has 0 radical (unpaired) electrons. The van der Waals surface area contributed by atoms with Crippen LogP contribution in [-0.4, -0.2) is 42.1 Å². The van der Waals surface area contributed by atoms with Gasteiger partial charge in [0.25, 0.3) is 0 Å². The van der Waals surface area contributed by atoms with E-state index in [4.69, 9.17) is 0 Å². The number of amides is 1. The lowest BCUT2D eigenvalue weighted by Crippen LogP contribution is -2.33. The highest BCUT2D eigenvalue weighted by Crippen LogP contribution is 2.15. The topological polar surface area (TPSA) is 70.2 Å². The van der Waals surface area contributed by atoms with Crippen LogP contribution in [0.5, 0.6) is 0 Å². The first-order valence-electron chi connectivity index (χ1n) is 6.30. The maximum Gasteiger partial charge on any atom is 0.239 e. The highest BCUT2D eigenvalue weighted by molar-refractivity contribution is 5.81. The van der Waals surface area contributed by atoms with Crippen molar-refractivity contribution in [1.82, 2.24) is 15.3 Å². The molecule has 1 fully saturated rings. The fourth-order valence-corrected chi connectivity index (χ4v) is 1.95. The minimum absolute atomic E-state index is 0.0498. The predicted molar refractivity (Wildman–Crippen MR) is 70.8 cm³/mol. The third kappa shape index (κ3) is 3.09. The zero-order valence-corrected chi connectivity index (χ0v) is 10.9. The molecule has 0 bridgehead atoms. The quantitative estimate of drug-likeness (QED) is 0.818. The van der Waals surface area contributed by atoms with Crippen molar-refractivity contribution >= 4 is 17.7 Å². The van der Waals surface area contributed by atoms with E-state index < -0.39 is 0 Å². The molecule has 6 nitrogen and oxygen atoms in total. The number of hydrogen-bond donors (Lipinski definition) is 2. The van der Waals surface area contributed by atoms with Crippen molar-refractivity contribution in [2.75, 3.05) is 36.4 Å². The van der Waals surface area contributed by atoms with Crippen molar-refractivity contribution in [3.05, 3.63) is 11.8 Å². The zero-order valence-electron chi connectivity index (χ0n) is 10.9. The Morgan fingerprint density at radius 1 is 1.50 bits per heavy atom. The monoisotopic (exact) mass is 249 g/mol. The molecule has 2 heterocycles. The summed E-state index contributed by atoms with van der Waals surface area (Å²) in [5, 5.41) is 5.96. The normalized spacial score (nSPS) is 16.1. The van der Waals surface area contributed by atoms with Crippen LogP contribution in [0.2, 0.25) is 0 Å². The maximum atomic E-state index is 11.6. The summed E-state index contributed by atoms with van der Waals surface area (Å²) in [7, 11) is 0. The SMILES string of the molecule is CCNc1nc(C)cc(N2CCCNC(=O)C2)n1. The van der Waals surface area contributed by atoms with Crippen molar-refractivity contribution < 1.29 is 4.79 Å². The van der Waals surface area contributed by atoms with Gasteiger partial charge in [0.1, 0.15) is 5.82 Å². The molecule has 1 aliphatic rings. The standard InChI is InChI=1S/C12H19N5O/c1-3-13-12-15-9(2)7-10(16-12)17-6-4-5-14-11(18)8-17/h7H,3-6,8H2,1-2H3,(H,14,18)(H,13,15,16). The Balaban J connectivity index is 2.22. The number of rotatable bonds is 3. The lowest BCUT2D eigenvalue weighted by molar-refractivity contribution is -0.119. The van der Waals surface area contributed by atoms with Gasteiger partial charge in [-0.15, -0.1) is 0 Å². The summed E-state index contributed by atoms with van der Waals surface area (Å²) in [4.78, 5) is 22.3. The van der Waals surface area contributed by atoms with Gasteiger partial charge in [0.2, 0.25) is 11.9 Å². The molecule has 98 valence electrons. The van der Waals surface area contributed by atoms with Crippen LogP contribution in [0, 0.1) is 6.92 Å². The largest absolute Gasteiger partial charge is 0.354 e. The van der Waals surface area contributed by atoms with E-state index in [0.717, 1.165) is 37.6 Å². The fourth-order valence-electron chi connectivity index (χ4n) is 1.95. The van der Waals surface area contributed by atoms with Gasteiger partial charge in [-0.1, -0.05) is 0 Å². The fraction of sp³-hybridized carbons (Fsp3) is 0.583. The molecule has 2 N–H and O–H groups in total. The molecule has 2 rings (SSSR count). The molecule has 0 aromatic carbocycles. The molecular weight excluding hydrogens is 230 g/mol. The third-order valence-electron chi connectivity index (χ3n) is 2.76. The first-order chi connectivity index (χ1) is 8.69. The van der Waals surface area contributed by atoms with Gasteiger partial charge in [-0.05, 0) is 20.3 Å². The molecule has 0 spiro atoms. The number of anilines is 2. The molecule has 6 heteroatoms. The van der Waals surface area contributed by atoms with Crippen molar-refractivity contribution in [2.24, 2.45) is 0 Å². The number of aromatic nitrogens is 2. The molecule has 1 amide bonds. The molecule has 1 aromatic rings. The van der Waals surface area contributed by atoms with E-state index in [9.17, 15) is 4.79 Å². The first kappa shape index (κ1) is 12.6. The molecule has 0 unspecified atom stereocenters. The van der Waals surface area contributed by atoms with Gasteiger partial charge in [-0.25, -0.2) is 4.98 Å². The first-order valence-corrected chi connectivity index (χ1v) is 6.30. The third-order valence-corrected chi connectivity index (χ3v) is 2.76. The molecule has 0 atom stereocenters. The molecule has 1 aliphatic heterocycles. The van der Waals surface area contributed by atoms with Gasteiger partial charge in [0.15, 0.2) is 0 Å². The summed E-state index contributed by atoms with van der Waals surface area (Å²) in [6, 6.07) is 1.92. The van der Waals surface area contributed by atoms with Gasteiger partial charge >= 0.3 is 0 Å². The highest BCUT2D eigenvalue weighted by atomic mass is 16.2. The molecule has 1 aromatic heterocycles. The van der Waals surface area contributed by atoms with Gasteiger partial charge in [-0.2, -0.15) is 4.98 Å². The second-order valence-corrected chi connectivity index (χ2v) is 4.35. The molecular formula is C12H19N5O. The molecule has 1 saturated heterocycles. The van der Waals surface area contributed by atoms with Gasteiger partial charge < -0.3 is 15.5 Å². The summed E-state index contributed by atoms with van der Waals surface area (Å²) in [6.07, 6.45) is 0.936. The van der Waals surface area contributed by atoms with E-state index in [-0.39, 0.29) is 5.91 Å². The minimum atomic E-state index is 0.0498. The number of nitrogens with zero attached hydrogens (tertiary/aromatic N) is 3. The van der Waals surface area contributed by atoms with Crippen molar-refractivity contribution in [1.29, 1.82) is 0 Å². The smallest absolute Gasteiger partial charge is 0.239 e. The Morgan fingerprint density at radius 2 is 2.33 bits per heavy atom. The summed E-state index contributed by atoms with van der Waals surface area (Å²) in [5.74, 6) is 1.49. The average Bonchev–Trinajstić information content (AvgIpc) is 2.53. The van der Waals surface area contributed by atoms with Crippen LogP contribution in [0.1, 0.15) is 19.0 Å². The highest BCUT2D eigenvalue weighted by Gasteiger charge is 2.17. The van der Waals surface area contributed by atoms with Crippen molar-refractivity contribution in [2.45, 2.75) is 20.3 Å². The minimum Gasteiger partial charge on any atom is -0.354 e. The second kappa shape index (κ2) is 5.66. The van der Waals surface area contributed by atoms with Crippen LogP contribution in [-0.2, 0) is 4.79 Å². The Hall–Kier alpha value is -1.85. The summed E-state index contributed by atoms with van der Waals surface area (Å²) in [6.45, 7) is 6.65. The van der Waals surface area contributed by atoms with E-state index >= 15 is 0 Å². The number of carbonyl (C=O) groups is 1. The Kier molecular flexibility index (Phi) is 3.96. The Morgan fingerprint density at radius 3 is 3.11 bits per heavy atom. The van der Waals surface area contributed by atoms with Crippen LogP contribution in [0.4, 0.5) is 11.8 Å². The van der Waals surface area contributed by atoms with E-state index in [0.29, 0.717) is 12.5 Å². The van der Waals surface area contributed by atoms with Gasteiger partial charge in [0.05, 0.1) is 6.54 Å². The summed E-state index contributed by atoms with van der Waals surface area (Å²) < 4.78 is 0. The number of hydrogen-bond acceptors (Lipinski definition) is 5. The molecule has 18 heavy (non-hydrogen) atoms. The van der Waals surface area contributed by atoms with E-state index in [1.807, 2.05) is 24.8 Å². The van der Waals surface area contributed by atoms with Gasteiger partial charge in [-0.3, -0.25) is 4.79 Å². The lowest BCUT2D eigenvalue weighted by atomic mass is 10.3. The van der Waals surface area contributed by atoms with Crippen LogP contribution < -0.4 is 15.5 Å². The van der Waals surface area contributed by atoms with Crippen LogP contribution >= 0.6 is 0 Å². The number of carbonyl (C=O) groups excluding carboxylic acids is 1. The van der Waals surface area contributed by atoms with Gasteiger partial charge in [0, 0.05) is 31.4 Å². The predicted octanol–water partition coefficient (Wildman–Crippen LogP) is 0.543. The van der Waals surface area contributed by atoms with Crippen molar-refractivity contribution in [3.63, 3.8) is 0 Å². The lowest BCUT2D eigenvalue weighted by Gasteiger charge is -2.20. The van der Waals surface area contributed by atoms with E-state index in [1.54, 1.807) is 0 Å². The number of aryl methyl sites for hydroxylation is 1. The van der Waals surface area contributed by atoms with E-state index in [1.165, 1.54) is 0 Å². The molecule has 0 aliphatic carbocycles. The molecule has 0 saturated carbocycles. The summed E-state index contributed by atoms with van der Waals surface area (Å²) >= 11 is 0. The Labute approximate surface area is 107 Å². The van der Waals surface area contributed by atoms with E-state index in [2.05, 4.69) is 20.6 Å². The summed E-state index contributed by atoms with van der Waals surface area (Å²) in [5.41, 5.74) is 0.903. The Bertz CT molecular complexity index is 434. The number of nitrogens with one attached hydrogen (secondary N) is 2. The van der Waals surface area contributed by atoms with Crippen LogP contribution in [0.3, 0.4) is 0 Å². The average molecular weight is 249 g/mol. The van der Waals surface area contributed by atoms with Crippen LogP contribution in [0.25, 0.3) is 0 Å². The van der Waals surface area contributed by atoms with Crippen LogP contribution in [0.15, 0.2) is 6.07 Å². The second-order valence-electron chi connectivity index (χ2n) is 4.35. The van der Waals surface area contributed by atoms with Crippen molar-refractivity contribution in [3.8, 4) is 0 Å².